The number of rotatable bonds is 5. The lowest BCUT2D eigenvalue weighted by molar-refractivity contribution is 0.413. The van der Waals surface area contributed by atoms with E-state index in [1.54, 1.807) is 36.4 Å². The zero-order chi connectivity index (χ0) is 20.6. The molecule has 0 saturated carbocycles. The Morgan fingerprint density at radius 1 is 1.14 bits per heavy atom. The number of benzene rings is 2. The average Bonchev–Trinajstić information content (AvgIpc) is 3.08. The van der Waals surface area contributed by atoms with Crippen molar-refractivity contribution in [3.63, 3.8) is 0 Å². The Morgan fingerprint density at radius 2 is 1.97 bits per heavy atom. The summed E-state index contributed by atoms with van der Waals surface area (Å²) in [5.41, 5.74) is 8.62. The highest BCUT2D eigenvalue weighted by Crippen LogP contribution is 2.31. The molecular weight excluding hydrogens is 414 g/mol. The van der Waals surface area contributed by atoms with Crippen LogP contribution in [0.4, 0.5) is 11.5 Å². The second-order valence-corrected chi connectivity index (χ2v) is 8.27. The molecule has 0 amide bonds. The molecule has 0 radical (unpaired) electrons. The van der Waals surface area contributed by atoms with Crippen LogP contribution in [-0.2, 0) is 10.0 Å². The number of aromatic nitrogens is 3. The van der Waals surface area contributed by atoms with Gasteiger partial charge >= 0.3 is 0 Å². The van der Waals surface area contributed by atoms with Gasteiger partial charge < -0.3 is 10.5 Å². The fourth-order valence-electron chi connectivity index (χ4n) is 2.84. The van der Waals surface area contributed by atoms with Crippen molar-refractivity contribution in [1.82, 2.24) is 15.2 Å². The maximum Gasteiger partial charge on any atom is 0.262 e. The van der Waals surface area contributed by atoms with E-state index in [9.17, 15) is 8.42 Å². The molecule has 29 heavy (non-hydrogen) atoms. The number of sulfonamides is 1. The Morgan fingerprint density at radius 3 is 2.72 bits per heavy atom. The molecule has 0 unspecified atom stereocenters. The van der Waals surface area contributed by atoms with Gasteiger partial charge in [0.15, 0.2) is 5.82 Å². The fraction of sp³-hybridized carbons (Fsp3) is 0.0526. The van der Waals surface area contributed by atoms with E-state index < -0.39 is 10.0 Å². The zero-order valence-corrected chi connectivity index (χ0v) is 16.8. The number of methoxy groups -OCH3 is 1. The number of fused-ring (bicyclic) bond motifs is 1. The van der Waals surface area contributed by atoms with Gasteiger partial charge in [-0.25, -0.2) is 13.4 Å². The fourth-order valence-corrected chi connectivity index (χ4v) is 4.20. The van der Waals surface area contributed by atoms with Gasteiger partial charge in [0.2, 0.25) is 0 Å². The number of anilines is 2. The minimum Gasteiger partial charge on any atom is -0.497 e. The Balaban J connectivity index is 1.65. The molecular formula is C19H16ClN5O3S. The highest BCUT2D eigenvalue weighted by atomic mass is 35.5. The van der Waals surface area contributed by atoms with Crippen LogP contribution in [0.2, 0.25) is 5.02 Å². The van der Waals surface area contributed by atoms with Crippen molar-refractivity contribution in [2.75, 3.05) is 17.6 Å². The molecule has 0 aliphatic heterocycles. The number of H-pyrrole nitrogens is 1. The van der Waals surface area contributed by atoms with Crippen molar-refractivity contribution in [1.29, 1.82) is 0 Å². The molecule has 10 heteroatoms. The molecule has 0 saturated heterocycles. The number of hydrogen-bond acceptors (Lipinski definition) is 6. The third-order valence-corrected chi connectivity index (χ3v) is 5.98. The first-order valence-electron chi connectivity index (χ1n) is 8.45. The summed E-state index contributed by atoms with van der Waals surface area (Å²) in [6.45, 7) is 0. The predicted molar refractivity (Wildman–Crippen MR) is 113 cm³/mol. The summed E-state index contributed by atoms with van der Waals surface area (Å²) >= 11 is 6.40. The van der Waals surface area contributed by atoms with Gasteiger partial charge in [-0.1, -0.05) is 17.7 Å². The lowest BCUT2D eigenvalue weighted by Gasteiger charge is -2.11. The molecule has 2 heterocycles. The van der Waals surface area contributed by atoms with E-state index in [0.29, 0.717) is 44.6 Å². The number of ether oxygens (including phenoxy) is 1. The monoisotopic (exact) mass is 429 g/mol. The number of nitrogens with two attached hydrogens (primary N) is 1. The first kappa shape index (κ1) is 19.0. The van der Waals surface area contributed by atoms with Crippen LogP contribution in [0.15, 0.2) is 59.5 Å². The topological polar surface area (TPSA) is 123 Å². The second-order valence-electron chi connectivity index (χ2n) is 6.18. The molecule has 0 spiro atoms. The van der Waals surface area contributed by atoms with E-state index in [1.165, 1.54) is 25.3 Å². The maximum atomic E-state index is 12.6. The molecule has 4 rings (SSSR count). The van der Waals surface area contributed by atoms with E-state index in [1.807, 2.05) is 0 Å². The van der Waals surface area contributed by atoms with E-state index in [4.69, 9.17) is 22.1 Å². The number of nitrogens with zero attached hydrogens (tertiary/aromatic N) is 2. The summed E-state index contributed by atoms with van der Waals surface area (Å²) in [7, 11) is -2.33. The Bertz CT molecular complexity index is 1320. The second kappa shape index (κ2) is 7.26. The molecule has 2 aromatic carbocycles. The first-order valence-corrected chi connectivity index (χ1v) is 10.3. The molecule has 0 aliphatic carbocycles. The molecule has 0 bridgehead atoms. The minimum atomic E-state index is -3.80. The van der Waals surface area contributed by atoms with Gasteiger partial charge in [0.1, 0.15) is 11.3 Å². The molecule has 148 valence electrons. The largest absolute Gasteiger partial charge is 0.497 e. The summed E-state index contributed by atoms with van der Waals surface area (Å²) in [5, 5.41) is 7.04. The van der Waals surface area contributed by atoms with Gasteiger partial charge in [-0.2, -0.15) is 5.10 Å². The molecule has 4 aromatic rings. The van der Waals surface area contributed by atoms with Crippen LogP contribution in [0.3, 0.4) is 0 Å². The first-order chi connectivity index (χ1) is 13.9. The average molecular weight is 430 g/mol. The molecule has 0 fully saturated rings. The van der Waals surface area contributed by atoms with Gasteiger partial charge in [-0.15, -0.1) is 0 Å². The van der Waals surface area contributed by atoms with Gasteiger partial charge in [0.25, 0.3) is 10.0 Å². The number of hydrogen-bond donors (Lipinski definition) is 3. The highest BCUT2D eigenvalue weighted by molar-refractivity contribution is 7.92. The molecule has 2 aromatic heterocycles. The van der Waals surface area contributed by atoms with Gasteiger partial charge in [0, 0.05) is 11.6 Å². The van der Waals surface area contributed by atoms with Crippen LogP contribution in [-0.4, -0.2) is 30.7 Å². The lowest BCUT2D eigenvalue weighted by atomic mass is 10.1. The Labute approximate surface area is 171 Å². The zero-order valence-electron chi connectivity index (χ0n) is 15.2. The van der Waals surface area contributed by atoms with Gasteiger partial charge in [-0.05, 0) is 42.5 Å². The standard InChI is InChI=1S/C19H16ClN5O3S/c1-28-12-3-2-4-13(10-12)29(26,27)25-11-5-6-14(15(20)9-11)16-7-8-17-18(22-16)19(21)24-23-17/h2-10,25H,1H3,(H3,21,23,24). The normalized spacial score (nSPS) is 11.5. The van der Waals surface area contributed by atoms with Crippen molar-refractivity contribution >= 4 is 44.2 Å². The van der Waals surface area contributed by atoms with Crippen LogP contribution < -0.4 is 15.2 Å². The third kappa shape index (κ3) is 3.69. The van der Waals surface area contributed by atoms with Gasteiger partial charge in [-0.3, -0.25) is 9.82 Å². The van der Waals surface area contributed by atoms with E-state index >= 15 is 0 Å². The molecule has 8 nitrogen and oxygen atoms in total. The molecule has 4 N–H and O–H groups in total. The number of aromatic amines is 1. The van der Waals surface area contributed by atoms with Crippen LogP contribution in [0.25, 0.3) is 22.3 Å². The van der Waals surface area contributed by atoms with E-state index in [-0.39, 0.29) is 4.90 Å². The summed E-state index contributed by atoms with van der Waals surface area (Å²) in [6, 6.07) is 14.6. The third-order valence-electron chi connectivity index (χ3n) is 4.28. The minimum absolute atomic E-state index is 0.0830. The van der Waals surface area contributed by atoms with Crippen molar-refractivity contribution in [3.05, 3.63) is 59.6 Å². The van der Waals surface area contributed by atoms with Crippen molar-refractivity contribution in [2.24, 2.45) is 0 Å². The summed E-state index contributed by atoms with van der Waals surface area (Å²) in [5.74, 6) is 0.738. The molecule has 0 aliphatic rings. The Kier molecular flexibility index (Phi) is 4.77. The highest BCUT2D eigenvalue weighted by Gasteiger charge is 2.16. The summed E-state index contributed by atoms with van der Waals surface area (Å²) in [6.07, 6.45) is 0. The maximum absolute atomic E-state index is 12.6. The smallest absolute Gasteiger partial charge is 0.262 e. The number of halogens is 1. The Hall–Kier alpha value is -3.30. The number of pyridine rings is 1. The van der Waals surface area contributed by atoms with Crippen LogP contribution in [0.5, 0.6) is 5.75 Å². The van der Waals surface area contributed by atoms with Crippen molar-refractivity contribution in [2.45, 2.75) is 4.90 Å². The predicted octanol–water partition coefficient (Wildman–Crippen LogP) is 3.67. The van der Waals surface area contributed by atoms with Crippen molar-refractivity contribution in [3.8, 4) is 17.0 Å². The SMILES string of the molecule is COc1cccc(S(=O)(=O)Nc2ccc(-c3ccc4[nH]nc(N)c4n3)c(Cl)c2)c1. The van der Waals surface area contributed by atoms with E-state index in [2.05, 4.69) is 19.9 Å². The molecule has 0 atom stereocenters. The number of nitrogens with one attached hydrogen (secondary N) is 2. The summed E-state index contributed by atoms with van der Waals surface area (Å²) in [4.78, 5) is 4.56. The summed E-state index contributed by atoms with van der Waals surface area (Å²) < 4.78 is 32.9. The van der Waals surface area contributed by atoms with Crippen LogP contribution in [0, 0.1) is 0 Å². The van der Waals surface area contributed by atoms with Crippen molar-refractivity contribution < 1.29 is 13.2 Å². The quantitative estimate of drug-likeness (QED) is 0.444. The van der Waals surface area contributed by atoms with Crippen LogP contribution >= 0.6 is 11.6 Å². The van der Waals surface area contributed by atoms with E-state index in [0.717, 1.165) is 0 Å². The lowest BCUT2D eigenvalue weighted by Crippen LogP contribution is -2.13. The van der Waals surface area contributed by atoms with Crippen LogP contribution in [0.1, 0.15) is 0 Å². The number of nitrogen functional groups attached to an aromatic ring is 1. The van der Waals surface area contributed by atoms with Gasteiger partial charge in [0.05, 0.1) is 33.9 Å².